The van der Waals surface area contributed by atoms with Gasteiger partial charge in [0.05, 0.1) is 4.88 Å². The number of nitrogens with one attached hydrogen (secondary N) is 2. The molecule has 0 bridgehead atoms. The largest absolute Gasteiger partial charge is 0.306 e. The lowest BCUT2D eigenvalue weighted by molar-refractivity contribution is 0.102. The molecule has 0 unspecified atom stereocenters. The second kappa shape index (κ2) is 7.24. The molecule has 4 aromatic rings. The molecule has 0 saturated carbocycles. The van der Waals surface area contributed by atoms with Gasteiger partial charge in [-0.15, -0.1) is 11.3 Å². The predicted octanol–water partition coefficient (Wildman–Crippen LogP) is 3.55. The Balaban J connectivity index is 1.77. The van der Waals surface area contributed by atoms with Gasteiger partial charge >= 0.3 is 0 Å². The molecule has 28 heavy (non-hydrogen) atoms. The molecule has 0 atom stereocenters. The zero-order valence-corrected chi connectivity index (χ0v) is 16.1. The van der Waals surface area contributed by atoms with E-state index in [1.807, 2.05) is 36.6 Å². The van der Waals surface area contributed by atoms with E-state index < -0.39 is 0 Å². The number of hydrogen-bond donors (Lipinski definition) is 2. The van der Waals surface area contributed by atoms with Crippen LogP contribution in [0.5, 0.6) is 0 Å². The number of anilines is 1. The number of hydrogen-bond acceptors (Lipinski definition) is 5. The number of aromatic amines is 1. The van der Waals surface area contributed by atoms with E-state index in [9.17, 15) is 9.59 Å². The first-order valence-corrected chi connectivity index (χ1v) is 9.48. The maximum atomic E-state index is 12.7. The molecule has 0 radical (unpaired) electrons. The standard InChI is InChI=1S/C20H17N5O2S/c1-12-5-7-14(8-6-12)19(27)22-17-11-15(16-4-3-9-28-16)24-25(17)20-21-13(2)10-18(26)23-20/h3-11H,1-2H3,(H,22,27)(H,21,23,26). The fraction of sp³-hybridized carbons (Fsp3) is 0.100. The van der Waals surface area contributed by atoms with Crippen molar-refractivity contribution in [2.24, 2.45) is 0 Å². The fourth-order valence-electron chi connectivity index (χ4n) is 2.73. The molecular formula is C20H17N5O2S. The average molecular weight is 391 g/mol. The third kappa shape index (κ3) is 3.63. The molecule has 4 rings (SSSR count). The van der Waals surface area contributed by atoms with Crippen LogP contribution >= 0.6 is 11.3 Å². The summed E-state index contributed by atoms with van der Waals surface area (Å²) in [5.74, 6) is 0.392. The Morgan fingerprint density at radius 2 is 1.93 bits per heavy atom. The predicted molar refractivity (Wildman–Crippen MR) is 109 cm³/mol. The van der Waals surface area contributed by atoms with Crippen LogP contribution in [0.25, 0.3) is 16.5 Å². The Morgan fingerprint density at radius 1 is 1.14 bits per heavy atom. The molecular weight excluding hydrogens is 374 g/mol. The van der Waals surface area contributed by atoms with Crippen molar-refractivity contribution in [3.05, 3.63) is 81.1 Å². The van der Waals surface area contributed by atoms with E-state index in [1.165, 1.54) is 22.1 Å². The second-order valence-electron chi connectivity index (χ2n) is 6.33. The lowest BCUT2D eigenvalue weighted by Crippen LogP contribution is -2.18. The number of aryl methyl sites for hydroxylation is 2. The summed E-state index contributed by atoms with van der Waals surface area (Å²) >= 11 is 1.54. The normalized spacial score (nSPS) is 10.8. The van der Waals surface area contributed by atoms with Crippen LogP contribution in [-0.2, 0) is 0 Å². The van der Waals surface area contributed by atoms with Crippen LogP contribution in [0.2, 0.25) is 0 Å². The van der Waals surface area contributed by atoms with Gasteiger partial charge in [0.2, 0.25) is 5.95 Å². The summed E-state index contributed by atoms with van der Waals surface area (Å²) in [6, 6.07) is 14.3. The number of rotatable bonds is 4. The molecule has 2 N–H and O–H groups in total. The number of aromatic nitrogens is 4. The zero-order valence-electron chi connectivity index (χ0n) is 15.3. The number of nitrogens with zero attached hydrogens (tertiary/aromatic N) is 3. The molecule has 0 fully saturated rings. The van der Waals surface area contributed by atoms with Gasteiger partial charge in [-0.25, -0.2) is 4.98 Å². The van der Waals surface area contributed by atoms with Crippen molar-refractivity contribution in [3.8, 4) is 16.5 Å². The molecule has 0 aliphatic heterocycles. The van der Waals surface area contributed by atoms with Crippen LogP contribution in [0.15, 0.2) is 58.7 Å². The first-order valence-electron chi connectivity index (χ1n) is 8.60. The van der Waals surface area contributed by atoms with Gasteiger partial charge in [0.25, 0.3) is 11.5 Å². The van der Waals surface area contributed by atoms with Crippen LogP contribution in [0, 0.1) is 13.8 Å². The van der Waals surface area contributed by atoms with E-state index >= 15 is 0 Å². The number of amides is 1. The molecule has 8 heteroatoms. The number of carbonyl (C=O) groups excluding carboxylic acids is 1. The average Bonchev–Trinajstić information content (AvgIpc) is 3.31. The van der Waals surface area contributed by atoms with Crippen LogP contribution in [0.3, 0.4) is 0 Å². The lowest BCUT2D eigenvalue weighted by atomic mass is 10.1. The van der Waals surface area contributed by atoms with Gasteiger partial charge in [-0.3, -0.25) is 14.6 Å². The summed E-state index contributed by atoms with van der Waals surface area (Å²) in [6.45, 7) is 3.69. The number of benzene rings is 1. The van der Waals surface area contributed by atoms with E-state index in [0.717, 1.165) is 10.4 Å². The molecule has 3 heterocycles. The molecule has 3 aromatic heterocycles. The summed E-state index contributed by atoms with van der Waals surface area (Å²) in [4.78, 5) is 32.5. The van der Waals surface area contributed by atoms with Crippen molar-refractivity contribution < 1.29 is 4.79 Å². The first kappa shape index (κ1) is 17.9. The van der Waals surface area contributed by atoms with Crippen LogP contribution in [0.1, 0.15) is 21.6 Å². The minimum absolute atomic E-state index is 0.243. The monoisotopic (exact) mass is 391 g/mol. The topological polar surface area (TPSA) is 92.7 Å². The maximum Gasteiger partial charge on any atom is 0.256 e. The molecule has 1 aromatic carbocycles. The highest BCUT2D eigenvalue weighted by atomic mass is 32.1. The summed E-state index contributed by atoms with van der Waals surface area (Å²) in [5, 5.41) is 9.37. The van der Waals surface area contributed by atoms with Gasteiger partial charge < -0.3 is 5.32 Å². The third-order valence-corrected chi connectivity index (χ3v) is 4.99. The van der Waals surface area contributed by atoms with E-state index in [0.29, 0.717) is 22.8 Å². The molecule has 7 nitrogen and oxygen atoms in total. The van der Waals surface area contributed by atoms with Crippen molar-refractivity contribution in [1.29, 1.82) is 0 Å². The van der Waals surface area contributed by atoms with Crippen molar-refractivity contribution in [3.63, 3.8) is 0 Å². The van der Waals surface area contributed by atoms with Gasteiger partial charge in [-0.1, -0.05) is 23.8 Å². The Hall–Kier alpha value is -3.52. The van der Waals surface area contributed by atoms with Crippen LogP contribution in [-0.4, -0.2) is 25.7 Å². The number of carbonyl (C=O) groups is 1. The second-order valence-corrected chi connectivity index (χ2v) is 7.28. The lowest BCUT2D eigenvalue weighted by Gasteiger charge is -2.08. The highest BCUT2D eigenvalue weighted by Crippen LogP contribution is 2.27. The van der Waals surface area contributed by atoms with Gasteiger partial charge in [-0.05, 0) is 37.4 Å². The van der Waals surface area contributed by atoms with Gasteiger partial charge in [0.15, 0.2) is 0 Å². The first-order chi connectivity index (χ1) is 13.5. The minimum atomic E-state index is -0.286. The Morgan fingerprint density at radius 3 is 2.61 bits per heavy atom. The van der Waals surface area contributed by atoms with E-state index in [1.54, 1.807) is 25.1 Å². The quantitative estimate of drug-likeness (QED) is 0.556. The SMILES string of the molecule is Cc1ccc(C(=O)Nc2cc(-c3cccs3)nn2-c2nc(C)cc(=O)[nH]2)cc1. The van der Waals surface area contributed by atoms with Crippen molar-refractivity contribution in [2.45, 2.75) is 13.8 Å². The summed E-state index contributed by atoms with van der Waals surface area (Å²) in [6.07, 6.45) is 0. The van der Waals surface area contributed by atoms with Gasteiger partial charge in [-0.2, -0.15) is 9.78 Å². The Kier molecular flexibility index (Phi) is 4.62. The van der Waals surface area contributed by atoms with E-state index in [-0.39, 0.29) is 17.4 Å². The highest BCUT2D eigenvalue weighted by molar-refractivity contribution is 7.13. The van der Waals surface area contributed by atoms with Crippen molar-refractivity contribution in [1.82, 2.24) is 19.7 Å². The minimum Gasteiger partial charge on any atom is -0.306 e. The third-order valence-electron chi connectivity index (χ3n) is 4.10. The number of H-pyrrole nitrogens is 1. The molecule has 0 aliphatic carbocycles. The molecule has 140 valence electrons. The smallest absolute Gasteiger partial charge is 0.256 e. The maximum absolute atomic E-state index is 12.7. The Labute approximate surface area is 164 Å². The van der Waals surface area contributed by atoms with Crippen LogP contribution in [0.4, 0.5) is 5.82 Å². The van der Waals surface area contributed by atoms with Crippen molar-refractivity contribution in [2.75, 3.05) is 5.32 Å². The highest BCUT2D eigenvalue weighted by Gasteiger charge is 2.17. The summed E-state index contributed by atoms with van der Waals surface area (Å²) < 4.78 is 1.44. The Bertz CT molecular complexity index is 1190. The molecule has 0 spiro atoms. The summed E-state index contributed by atoms with van der Waals surface area (Å²) in [7, 11) is 0. The fourth-order valence-corrected chi connectivity index (χ4v) is 3.41. The van der Waals surface area contributed by atoms with Gasteiger partial charge in [0.1, 0.15) is 11.5 Å². The zero-order chi connectivity index (χ0) is 19.7. The van der Waals surface area contributed by atoms with Crippen molar-refractivity contribution >= 4 is 23.1 Å². The molecule has 0 saturated heterocycles. The van der Waals surface area contributed by atoms with E-state index in [4.69, 9.17) is 0 Å². The van der Waals surface area contributed by atoms with Crippen LogP contribution < -0.4 is 10.9 Å². The van der Waals surface area contributed by atoms with Gasteiger partial charge in [0, 0.05) is 23.4 Å². The summed E-state index contributed by atoms with van der Waals surface area (Å²) in [5.41, 5.74) is 2.55. The number of thiophene rings is 1. The molecule has 1 amide bonds. The van der Waals surface area contributed by atoms with E-state index in [2.05, 4.69) is 20.4 Å². The molecule has 0 aliphatic rings.